The Morgan fingerprint density at radius 3 is 2.62 bits per heavy atom. The Hall–Kier alpha value is -2.85. The first kappa shape index (κ1) is 19.5. The third-order valence-corrected chi connectivity index (χ3v) is 6.63. The first-order valence-electron chi connectivity index (χ1n) is 9.13. The van der Waals surface area contributed by atoms with Crippen LogP contribution in [0.15, 0.2) is 58.2 Å². The first-order chi connectivity index (χ1) is 14.0. The van der Waals surface area contributed by atoms with E-state index in [0.717, 1.165) is 0 Å². The summed E-state index contributed by atoms with van der Waals surface area (Å²) in [5, 5.41) is 4.01. The molecule has 0 unspecified atom stereocenters. The van der Waals surface area contributed by atoms with E-state index in [1.165, 1.54) is 34.8 Å². The van der Waals surface area contributed by atoms with Crippen molar-refractivity contribution in [3.8, 4) is 5.75 Å². The SMILES string of the molecule is O=S(=O)(c1cccnc1)N1CCC(c2noc(COc3ccc(F)cc3)n2)CC1. The molecule has 0 N–H and O–H groups in total. The van der Waals surface area contributed by atoms with Gasteiger partial charge in [0.1, 0.15) is 16.5 Å². The zero-order valence-corrected chi connectivity index (χ0v) is 16.3. The Balaban J connectivity index is 1.34. The van der Waals surface area contributed by atoms with Gasteiger partial charge in [-0.15, -0.1) is 0 Å². The number of nitrogens with zero attached hydrogens (tertiary/aromatic N) is 4. The highest BCUT2D eigenvalue weighted by atomic mass is 32.2. The lowest BCUT2D eigenvalue weighted by Crippen LogP contribution is -2.38. The average molecular weight is 418 g/mol. The normalized spacial score (nSPS) is 16.0. The molecule has 0 atom stereocenters. The van der Waals surface area contributed by atoms with Gasteiger partial charge in [-0.3, -0.25) is 4.98 Å². The molecule has 0 amide bonds. The molecule has 4 rings (SSSR count). The molecule has 0 radical (unpaired) electrons. The van der Waals surface area contributed by atoms with Crippen LogP contribution in [0.5, 0.6) is 5.75 Å². The van der Waals surface area contributed by atoms with Gasteiger partial charge in [0, 0.05) is 31.4 Å². The van der Waals surface area contributed by atoms with E-state index in [1.807, 2.05) is 0 Å². The summed E-state index contributed by atoms with van der Waals surface area (Å²) in [5.41, 5.74) is 0. The lowest BCUT2D eigenvalue weighted by atomic mass is 9.98. The summed E-state index contributed by atoms with van der Waals surface area (Å²) in [4.78, 5) is 8.44. The molecule has 0 bridgehead atoms. The van der Waals surface area contributed by atoms with Crippen molar-refractivity contribution >= 4 is 10.0 Å². The lowest BCUT2D eigenvalue weighted by Gasteiger charge is -2.29. The van der Waals surface area contributed by atoms with E-state index in [1.54, 1.807) is 18.3 Å². The molecule has 0 spiro atoms. The number of hydrogen-bond acceptors (Lipinski definition) is 7. The summed E-state index contributed by atoms with van der Waals surface area (Å²) >= 11 is 0. The number of pyridine rings is 1. The molecule has 3 heterocycles. The van der Waals surface area contributed by atoms with Crippen LogP contribution in [0.3, 0.4) is 0 Å². The van der Waals surface area contributed by atoms with Gasteiger partial charge in [0.15, 0.2) is 12.4 Å². The largest absolute Gasteiger partial charge is 0.484 e. The summed E-state index contributed by atoms with van der Waals surface area (Å²) in [6.07, 6.45) is 4.08. The van der Waals surface area contributed by atoms with Crippen LogP contribution in [0.1, 0.15) is 30.5 Å². The van der Waals surface area contributed by atoms with Gasteiger partial charge in [0.2, 0.25) is 10.0 Å². The minimum atomic E-state index is -3.54. The molecule has 3 aromatic rings. The highest BCUT2D eigenvalue weighted by Crippen LogP contribution is 2.29. The number of rotatable bonds is 6. The maximum Gasteiger partial charge on any atom is 0.264 e. The zero-order valence-electron chi connectivity index (χ0n) is 15.4. The average Bonchev–Trinajstić information content (AvgIpc) is 3.23. The minimum absolute atomic E-state index is 0.0127. The Morgan fingerprint density at radius 2 is 1.93 bits per heavy atom. The summed E-state index contributed by atoms with van der Waals surface area (Å²) in [7, 11) is -3.54. The third kappa shape index (κ3) is 4.43. The molecule has 0 aliphatic carbocycles. The van der Waals surface area contributed by atoms with Crippen molar-refractivity contribution in [3.05, 3.63) is 66.3 Å². The highest BCUT2D eigenvalue weighted by molar-refractivity contribution is 7.89. The van der Waals surface area contributed by atoms with Crippen LogP contribution in [0.2, 0.25) is 0 Å². The van der Waals surface area contributed by atoms with Crippen molar-refractivity contribution in [2.24, 2.45) is 0 Å². The number of sulfonamides is 1. The monoisotopic (exact) mass is 418 g/mol. The van der Waals surface area contributed by atoms with Crippen molar-refractivity contribution in [2.75, 3.05) is 13.1 Å². The van der Waals surface area contributed by atoms with E-state index in [9.17, 15) is 12.8 Å². The van der Waals surface area contributed by atoms with Gasteiger partial charge >= 0.3 is 0 Å². The van der Waals surface area contributed by atoms with Gasteiger partial charge in [-0.2, -0.15) is 9.29 Å². The van der Waals surface area contributed by atoms with Gasteiger partial charge in [-0.25, -0.2) is 12.8 Å². The van der Waals surface area contributed by atoms with Crippen LogP contribution in [0.25, 0.3) is 0 Å². The molecule has 1 saturated heterocycles. The Kier molecular flexibility index (Phi) is 5.54. The van der Waals surface area contributed by atoms with Crippen molar-refractivity contribution in [1.82, 2.24) is 19.4 Å². The van der Waals surface area contributed by atoms with Crippen LogP contribution < -0.4 is 4.74 Å². The predicted molar refractivity (Wildman–Crippen MR) is 100 cm³/mol. The molecular formula is C19H19FN4O4S. The maximum absolute atomic E-state index is 12.9. The summed E-state index contributed by atoms with van der Waals surface area (Å²) < 4.78 is 50.4. The molecule has 1 fully saturated rings. The number of aromatic nitrogens is 3. The van der Waals surface area contributed by atoms with Crippen LogP contribution in [0, 0.1) is 5.82 Å². The number of hydrogen-bond donors (Lipinski definition) is 0. The van der Waals surface area contributed by atoms with E-state index in [0.29, 0.717) is 43.4 Å². The lowest BCUT2D eigenvalue weighted by molar-refractivity contribution is 0.241. The summed E-state index contributed by atoms with van der Waals surface area (Å²) in [6, 6.07) is 8.80. The third-order valence-electron chi connectivity index (χ3n) is 4.75. The van der Waals surface area contributed by atoms with Gasteiger partial charge in [0.25, 0.3) is 5.89 Å². The fraction of sp³-hybridized carbons (Fsp3) is 0.316. The van der Waals surface area contributed by atoms with E-state index < -0.39 is 10.0 Å². The topological polar surface area (TPSA) is 98.4 Å². The second-order valence-electron chi connectivity index (χ2n) is 6.66. The van der Waals surface area contributed by atoms with Gasteiger partial charge in [0.05, 0.1) is 0 Å². The molecule has 1 aliphatic heterocycles. The van der Waals surface area contributed by atoms with E-state index in [4.69, 9.17) is 9.26 Å². The van der Waals surface area contributed by atoms with Gasteiger partial charge in [-0.05, 0) is 49.2 Å². The second-order valence-corrected chi connectivity index (χ2v) is 8.59. The van der Waals surface area contributed by atoms with Crippen LogP contribution in [-0.2, 0) is 16.6 Å². The fourth-order valence-electron chi connectivity index (χ4n) is 3.17. The van der Waals surface area contributed by atoms with E-state index in [2.05, 4.69) is 15.1 Å². The highest BCUT2D eigenvalue weighted by Gasteiger charge is 2.31. The molecule has 1 aromatic carbocycles. The summed E-state index contributed by atoms with van der Waals surface area (Å²) in [5.74, 6) is 1.03. The van der Waals surface area contributed by atoms with Crippen molar-refractivity contribution in [3.63, 3.8) is 0 Å². The fourth-order valence-corrected chi connectivity index (χ4v) is 4.61. The van der Waals surface area contributed by atoms with E-state index in [-0.39, 0.29) is 23.2 Å². The first-order valence-corrected chi connectivity index (χ1v) is 10.6. The molecule has 29 heavy (non-hydrogen) atoms. The minimum Gasteiger partial charge on any atom is -0.484 e. The Morgan fingerprint density at radius 1 is 1.17 bits per heavy atom. The van der Waals surface area contributed by atoms with Crippen LogP contribution in [0.4, 0.5) is 4.39 Å². The molecular weight excluding hydrogens is 399 g/mol. The van der Waals surface area contributed by atoms with Crippen molar-refractivity contribution < 1.29 is 22.1 Å². The summed E-state index contributed by atoms with van der Waals surface area (Å²) in [6.45, 7) is 0.822. The van der Waals surface area contributed by atoms with Crippen molar-refractivity contribution in [2.45, 2.75) is 30.3 Å². The number of benzene rings is 1. The Bertz CT molecular complexity index is 1050. The maximum atomic E-state index is 12.9. The Labute approximate surface area is 167 Å². The predicted octanol–water partition coefficient (Wildman–Crippen LogP) is 2.75. The molecule has 2 aromatic heterocycles. The number of piperidine rings is 1. The quantitative estimate of drug-likeness (QED) is 0.607. The second kappa shape index (κ2) is 8.26. The van der Waals surface area contributed by atoms with Gasteiger partial charge < -0.3 is 9.26 Å². The van der Waals surface area contributed by atoms with Crippen molar-refractivity contribution in [1.29, 1.82) is 0 Å². The zero-order chi connectivity index (χ0) is 20.3. The molecule has 0 saturated carbocycles. The molecule has 1 aliphatic rings. The molecule has 152 valence electrons. The molecule has 8 nitrogen and oxygen atoms in total. The number of ether oxygens (including phenoxy) is 1. The standard InChI is InChI=1S/C19H19FN4O4S/c20-15-3-5-16(6-4-15)27-13-18-22-19(23-28-18)14-7-10-24(11-8-14)29(25,26)17-2-1-9-21-12-17/h1-6,9,12,14H,7-8,10-11,13H2. The van der Waals surface area contributed by atoms with Crippen LogP contribution >= 0.6 is 0 Å². The van der Waals surface area contributed by atoms with Crippen LogP contribution in [-0.4, -0.2) is 40.9 Å². The van der Waals surface area contributed by atoms with Gasteiger partial charge in [-0.1, -0.05) is 5.16 Å². The smallest absolute Gasteiger partial charge is 0.264 e. The molecule has 10 heteroatoms. The number of halogens is 1. The van der Waals surface area contributed by atoms with E-state index >= 15 is 0 Å².